The Labute approximate surface area is 212 Å². The van der Waals surface area contributed by atoms with Crippen molar-refractivity contribution in [2.24, 2.45) is 13.0 Å². The molecule has 3 atom stereocenters. The van der Waals surface area contributed by atoms with Crippen LogP contribution in [0.4, 0.5) is 4.39 Å². The topological polar surface area (TPSA) is 125 Å². The highest BCUT2D eigenvalue weighted by atomic mass is 35.5. The summed E-state index contributed by atoms with van der Waals surface area (Å²) in [6, 6.07) is 5.25. The van der Waals surface area contributed by atoms with E-state index in [9.17, 15) is 23.6 Å². The van der Waals surface area contributed by atoms with Gasteiger partial charge >= 0.3 is 0 Å². The molecule has 2 aliphatic rings. The first kappa shape index (κ1) is 25.6. The molecule has 36 heavy (non-hydrogen) atoms. The number of likely N-dealkylation sites (tertiary alicyclic amines) is 1. The summed E-state index contributed by atoms with van der Waals surface area (Å²) < 4.78 is 15.7. The standard InChI is InChI=1S/C24H28ClFN6O4/c1-31-19(8-10-29-31)15-12-32(13-18(15)30-23(35)14-5-2-3-9-27-22(14)34)20(33)11-28-24(36)21-16(25)6-4-7-17(21)26/h4,6-8,10,14-15,18H,2-3,5,9,11-13H2,1H3,(H,27,34)(H,28,36)(H,30,35)/t14?,15-,18-/m1/s1. The minimum atomic E-state index is -0.793. The number of halogens is 2. The number of nitrogens with one attached hydrogen (secondary N) is 3. The van der Waals surface area contributed by atoms with Crippen molar-refractivity contribution >= 4 is 35.2 Å². The summed E-state index contributed by atoms with van der Waals surface area (Å²) in [5, 5.41) is 12.3. The van der Waals surface area contributed by atoms with Gasteiger partial charge in [0.2, 0.25) is 17.7 Å². The first-order chi connectivity index (χ1) is 17.3. The van der Waals surface area contributed by atoms with Crippen LogP contribution in [-0.2, 0) is 21.4 Å². The van der Waals surface area contributed by atoms with Crippen molar-refractivity contribution < 1.29 is 23.6 Å². The van der Waals surface area contributed by atoms with E-state index in [1.807, 2.05) is 6.07 Å². The fourth-order valence-corrected chi connectivity index (χ4v) is 4.99. The van der Waals surface area contributed by atoms with E-state index in [0.717, 1.165) is 24.6 Å². The molecule has 0 aliphatic carbocycles. The lowest BCUT2D eigenvalue weighted by atomic mass is 9.97. The smallest absolute Gasteiger partial charge is 0.256 e. The Kier molecular flexibility index (Phi) is 7.88. The van der Waals surface area contributed by atoms with Crippen molar-refractivity contribution in [1.82, 2.24) is 30.6 Å². The average molecular weight is 519 g/mol. The zero-order valence-electron chi connectivity index (χ0n) is 19.8. The van der Waals surface area contributed by atoms with Gasteiger partial charge in [0, 0.05) is 44.5 Å². The minimum absolute atomic E-state index is 0.0530. The van der Waals surface area contributed by atoms with E-state index in [-0.39, 0.29) is 48.0 Å². The number of aromatic nitrogens is 2. The molecule has 2 aromatic rings. The van der Waals surface area contributed by atoms with Gasteiger partial charge in [0.15, 0.2) is 0 Å². The lowest BCUT2D eigenvalue weighted by Gasteiger charge is -2.22. The van der Waals surface area contributed by atoms with Crippen LogP contribution in [0.2, 0.25) is 5.02 Å². The average Bonchev–Trinajstić information content (AvgIpc) is 3.38. The van der Waals surface area contributed by atoms with Gasteiger partial charge in [-0.2, -0.15) is 5.10 Å². The van der Waals surface area contributed by atoms with Crippen molar-refractivity contribution in [3.05, 3.63) is 52.6 Å². The first-order valence-electron chi connectivity index (χ1n) is 11.8. The molecule has 3 heterocycles. The number of carbonyl (C=O) groups excluding carboxylic acids is 4. The van der Waals surface area contributed by atoms with Gasteiger partial charge in [-0.05, 0) is 31.0 Å². The van der Waals surface area contributed by atoms with Gasteiger partial charge in [-0.3, -0.25) is 23.9 Å². The molecule has 3 N–H and O–H groups in total. The molecule has 1 aromatic heterocycles. The van der Waals surface area contributed by atoms with Crippen LogP contribution in [0.3, 0.4) is 0 Å². The predicted octanol–water partition coefficient (Wildman–Crippen LogP) is 0.970. The molecule has 2 fully saturated rings. The maximum atomic E-state index is 14.0. The van der Waals surface area contributed by atoms with Crippen LogP contribution in [0.15, 0.2) is 30.5 Å². The summed E-state index contributed by atoms with van der Waals surface area (Å²) in [7, 11) is 1.77. The van der Waals surface area contributed by atoms with Crippen molar-refractivity contribution in [1.29, 1.82) is 0 Å². The van der Waals surface area contributed by atoms with E-state index in [0.29, 0.717) is 13.0 Å². The summed E-state index contributed by atoms with van der Waals surface area (Å²) in [6.45, 7) is 0.644. The van der Waals surface area contributed by atoms with Crippen LogP contribution in [0.5, 0.6) is 0 Å². The van der Waals surface area contributed by atoms with Crippen LogP contribution in [0.1, 0.15) is 41.2 Å². The molecule has 0 spiro atoms. The molecule has 2 saturated heterocycles. The van der Waals surface area contributed by atoms with Gasteiger partial charge in [-0.1, -0.05) is 24.1 Å². The van der Waals surface area contributed by atoms with Gasteiger partial charge in [0.25, 0.3) is 5.91 Å². The Morgan fingerprint density at radius 3 is 2.75 bits per heavy atom. The molecule has 10 nitrogen and oxygen atoms in total. The molecule has 12 heteroatoms. The molecule has 0 saturated carbocycles. The lowest BCUT2D eigenvalue weighted by molar-refractivity contribution is -0.136. The molecule has 192 valence electrons. The summed E-state index contributed by atoms with van der Waals surface area (Å²) in [5.74, 6) is -3.68. The van der Waals surface area contributed by atoms with E-state index in [1.165, 1.54) is 17.0 Å². The van der Waals surface area contributed by atoms with Crippen molar-refractivity contribution in [2.75, 3.05) is 26.2 Å². The predicted molar refractivity (Wildman–Crippen MR) is 129 cm³/mol. The number of aryl methyl sites for hydroxylation is 1. The van der Waals surface area contributed by atoms with Gasteiger partial charge in [-0.25, -0.2) is 4.39 Å². The number of amides is 4. The fourth-order valence-electron chi connectivity index (χ4n) is 4.74. The van der Waals surface area contributed by atoms with Crippen molar-refractivity contribution in [3.8, 4) is 0 Å². The second-order valence-electron chi connectivity index (χ2n) is 9.02. The molecular formula is C24H28ClFN6O4. The molecule has 1 aromatic carbocycles. The fraction of sp³-hybridized carbons (Fsp3) is 0.458. The Morgan fingerprint density at radius 2 is 2.03 bits per heavy atom. The third-order valence-electron chi connectivity index (χ3n) is 6.68. The van der Waals surface area contributed by atoms with Crippen LogP contribution >= 0.6 is 11.6 Å². The van der Waals surface area contributed by atoms with E-state index < -0.39 is 29.6 Å². The first-order valence-corrected chi connectivity index (χ1v) is 12.2. The summed E-state index contributed by atoms with van der Waals surface area (Å²) in [4.78, 5) is 52.3. The zero-order valence-corrected chi connectivity index (χ0v) is 20.6. The molecule has 0 radical (unpaired) electrons. The number of hydrogen-bond donors (Lipinski definition) is 3. The SMILES string of the molecule is Cn1nccc1[C@@H]1CN(C(=O)CNC(=O)c2c(F)cccc2Cl)C[C@H]1NC(=O)C1CCCCNC1=O. The number of nitrogens with zero attached hydrogens (tertiary/aromatic N) is 3. The summed E-state index contributed by atoms with van der Waals surface area (Å²) in [6.07, 6.45) is 3.69. The van der Waals surface area contributed by atoms with Crippen LogP contribution in [-0.4, -0.2) is 70.5 Å². The number of rotatable bonds is 6. The molecule has 4 rings (SSSR count). The van der Waals surface area contributed by atoms with Crippen molar-refractivity contribution in [3.63, 3.8) is 0 Å². The largest absolute Gasteiger partial charge is 0.355 e. The van der Waals surface area contributed by atoms with E-state index in [4.69, 9.17) is 11.6 Å². The Hall–Kier alpha value is -3.47. The Balaban J connectivity index is 1.44. The molecule has 2 aliphatic heterocycles. The van der Waals surface area contributed by atoms with Crippen LogP contribution in [0, 0.1) is 11.7 Å². The van der Waals surface area contributed by atoms with E-state index >= 15 is 0 Å². The normalized spacial score (nSPS) is 22.0. The highest BCUT2D eigenvalue weighted by molar-refractivity contribution is 6.33. The van der Waals surface area contributed by atoms with Gasteiger partial charge in [0.05, 0.1) is 23.2 Å². The van der Waals surface area contributed by atoms with Crippen LogP contribution in [0.25, 0.3) is 0 Å². The van der Waals surface area contributed by atoms with E-state index in [1.54, 1.807) is 17.9 Å². The van der Waals surface area contributed by atoms with Crippen LogP contribution < -0.4 is 16.0 Å². The highest BCUT2D eigenvalue weighted by Crippen LogP contribution is 2.28. The van der Waals surface area contributed by atoms with Gasteiger partial charge in [-0.15, -0.1) is 0 Å². The molecule has 4 amide bonds. The minimum Gasteiger partial charge on any atom is -0.355 e. The van der Waals surface area contributed by atoms with Gasteiger partial charge in [0.1, 0.15) is 11.7 Å². The highest BCUT2D eigenvalue weighted by Gasteiger charge is 2.40. The van der Waals surface area contributed by atoms with Crippen molar-refractivity contribution in [2.45, 2.75) is 31.2 Å². The molecule has 1 unspecified atom stereocenters. The maximum absolute atomic E-state index is 14.0. The lowest BCUT2D eigenvalue weighted by Crippen LogP contribution is -2.47. The number of hydrogen-bond acceptors (Lipinski definition) is 5. The summed E-state index contributed by atoms with van der Waals surface area (Å²) >= 11 is 5.94. The molecular weight excluding hydrogens is 491 g/mol. The second-order valence-corrected chi connectivity index (χ2v) is 9.43. The molecule has 0 bridgehead atoms. The number of carbonyl (C=O) groups is 4. The zero-order chi connectivity index (χ0) is 25.8. The summed E-state index contributed by atoms with van der Waals surface area (Å²) in [5.41, 5.74) is 0.496. The number of benzene rings is 1. The van der Waals surface area contributed by atoms with E-state index in [2.05, 4.69) is 21.0 Å². The second kappa shape index (κ2) is 11.1. The maximum Gasteiger partial charge on any atom is 0.256 e. The Morgan fingerprint density at radius 1 is 1.22 bits per heavy atom. The Bertz CT molecular complexity index is 1150. The third kappa shape index (κ3) is 5.51. The van der Waals surface area contributed by atoms with Gasteiger partial charge < -0.3 is 20.9 Å². The third-order valence-corrected chi connectivity index (χ3v) is 7.00. The quantitative estimate of drug-likeness (QED) is 0.491. The monoisotopic (exact) mass is 518 g/mol.